The highest BCUT2D eigenvalue weighted by Gasteiger charge is 2.43. The van der Waals surface area contributed by atoms with Crippen LogP contribution in [0.25, 0.3) is 0 Å². The first-order valence-electron chi connectivity index (χ1n) is 11.3. The molecule has 3 N–H and O–H groups in total. The molecular formula is C22H24F6N6O2. The standard InChI is InChI=1S/C22H24F6N6O2/c23-14-10-16(25)15(24)8-12(14)7-13(29)9-18(35)33-5-6-34-17(11-33)31-20(22(26,27)28)19(34)21(36)32-3-1-30-2-4-32/h8,10,13,30H,1-7,9,11,29H2/t13-/m0/s1. The molecule has 1 aromatic heterocycles. The molecule has 1 fully saturated rings. The maximum atomic E-state index is 13.9. The number of nitrogens with two attached hydrogens (primary N) is 1. The topological polar surface area (TPSA) is 96.5 Å². The van der Waals surface area contributed by atoms with Crippen LogP contribution in [-0.4, -0.2) is 69.9 Å². The Hall–Kier alpha value is -3.13. The molecule has 0 bridgehead atoms. The summed E-state index contributed by atoms with van der Waals surface area (Å²) in [4.78, 5) is 32.0. The van der Waals surface area contributed by atoms with E-state index in [4.69, 9.17) is 5.73 Å². The predicted molar refractivity (Wildman–Crippen MR) is 114 cm³/mol. The minimum atomic E-state index is -4.87. The van der Waals surface area contributed by atoms with Gasteiger partial charge in [-0.2, -0.15) is 13.2 Å². The fourth-order valence-corrected chi connectivity index (χ4v) is 4.40. The second kappa shape index (κ2) is 10.1. The Morgan fingerprint density at radius 3 is 2.33 bits per heavy atom. The van der Waals surface area contributed by atoms with Crippen LogP contribution >= 0.6 is 0 Å². The summed E-state index contributed by atoms with van der Waals surface area (Å²) in [5, 5.41) is 3.03. The molecule has 8 nitrogen and oxygen atoms in total. The molecule has 0 saturated carbocycles. The highest BCUT2D eigenvalue weighted by molar-refractivity contribution is 5.94. The highest BCUT2D eigenvalue weighted by Crippen LogP contribution is 2.34. The number of nitrogens with zero attached hydrogens (tertiary/aromatic N) is 4. The van der Waals surface area contributed by atoms with E-state index in [0.29, 0.717) is 25.2 Å². The van der Waals surface area contributed by atoms with E-state index in [0.717, 1.165) is 0 Å². The Morgan fingerprint density at radius 1 is 1.00 bits per heavy atom. The lowest BCUT2D eigenvalue weighted by atomic mass is 10.0. The number of hydrogen-bond donors (Lipinski definition) is 2. The van der Waals surface area contributed by atoms with Crippen molar-refractivity contribution in [2.75, 3.05) is 32.7 Å². The van der Waals surface area contributed by atoms with Gasteiger partial charge in [-0.3, -0.25) is 9.59 Å². The van der Waals surface area contributed by atoms with Gasteiger partial charge in [0.05, 0.1) is 6.54 Å². The van der Waals surface area contributed by atoms with Gasteiger partial charge in [-0.05, 0) is 18.1 Å². The summed E-state index contributed by atoms with van der Waals surface area (Å²) in [5.41, 5.74) is 3.88. The number of rotatable bonds is 5. The monoisotopic (exact) mass is 518 g/mol. The second-order valence-electron chi connectivity index (χ2n) is 8.76. The predicted octanol–water partition coefficient (Wildman–Crippen LogP) is 1.67. The minimum Gasteiger partial charge on any atom is -0.335 e. The summed E-state index contributed by atoms with van der Waals surface area (Å²) in [5.74, 6) is -4.97. The molecule has 36 heavy (non-hydrogen) atoms. The van der Waals surface area contributed by atoms with Crippen molar-refractivity contribution in [3.63, 3.8) is 0 Å². The zero-order valence-corrected chi connectivity index (χ0v) is 19.0. The average molecular weight is 518 g/mol. The minimum absolute atomic E-state index is 0.00752. The number of fused-ring (bicyclic) bond motifs is 1. The Labute approximate surface area is 202 Å². The molecule has 1 atom stereocenters. The van der Waals surface area contributed by atoms with Gasteiger partial charge in [0, 0.05) is 57.8 Å². The molecule has 0 unspecified atom stereocenters. The number of aromatic nitrogens is 2. The molecule has 2 aromatic rings. The molecule has 2 aliphatic rings. The quantitative estimate of drug-likeness (QED) is 0.464. The number of amides is 2. The molecule has 0 radical (unpaired) electrons. The molecule has 3 heterocycles. The van der Waals surface area contributed by atoms with Crippen LogP contribution < -0.4 is 11.1 Å². The van der Waals surface area contributed by atoms with Crippen LogP contribution in [0.2, 0.25) is 0 Å². The number of piperazine rings is 1. The number of benzene rings is 1. The van der Waals surface area contributed by atoms with E-state index in [-0.39, 0.29) is 57.0 Å². The van der Waals surface area contributed by atoms with Crippen LogP contribution in [0.1, 0.15) is 34.0 Å². The molecule has 2 aliphatic heterocycles. The SMILES string of the molecule is N[C@H](CC(=O)N1CCn2c(nc(C(F)(F)F)c2C(=O)N2CCNCC2)C1)Cc1cc(F)c(F)cc1F. The van der Waals surface area contributed by atoms with Crippen molar-refractivity contribution in [2.45, 2.75) is 38.1 Å². The number of halogens is 6. The van der Waals surface area contributed by atoms with E-state index in [9.17, 15) is 35.9 Å². The van der Waals surface area contributed by atoms with E-state index in [2.05, 4.69) is 10.3 Å². The number of nitrogens with one attached hydrogen (secondary N) is 1. The second-order valence-corrected chi connectivity index (χ2v) is 8.76. The van der Waals surface area contributed by atoms with Crippen LogP contribution in [-0.2, 0) is 30.5 Å². The van der Waals surface area contributed by atoms with Crippen molar-refractivity contribution in [1.29, 1.82) is 0 Å². The van der Waals surface area contributed by atoms with Crippen LogP contribution in [0, 0.1) is 17.5 Å². The van der Waals surface area contributed by atoms with E-state index in [1.54, 1.807) is 0 Å². The molecule has 0 aliphatic carbocycles. The molecule has 4 rings (SSSR count). The summed E-state index contributed by atoms with van der Waals surface area (Å²) < 4.78 is 82.9. The Morgan fingerprint density at radius 2 is 1.67 bits per heavy atom. The van der Waals surface area contributed by atoms with Gasteiger partial charge in [0.15, 0.2) is 17.3 Å². The van der Waals surface area contributed by atoms with Gasteiger partial charge < -0.3 is 25.4 Å². The zero-order valence-electron chi connectivity index (χ0n) is 19.0. The molecule has 2 amide bonds. The van der Waals surface area contributed by atoms with Gasteiger partial charge in [0.25, 0.3) is 5.91 Å². The third kappa shape index (κ3) is 5.33. The Kier molecular flexibility index (Phi) is 7.27. The Bertz CT molecular complexity index is 1160. The van der Waals surface area contributed by atoms with Crippen molar-refractivity contribution >= 4 is 11.8 Å². The lowest BCUT2D eigenvalue weighted by molar-refractivity contribution is -0.141. The average Bonchev–Trinajstić information content (AvgIpc) is 3.22. The number of hydrogen-bond acceptors (Lipinski definition) is 5. The number of imidazole rings is 1. The Balaban J connectivity index is 1.48. The lowest BCUT2D eigenvalue weighted by Crippen LogP contribution is -2.48. The zero-order chi connectivity index (χ0) is 26.2. The molecular weight excluding hydrogens is 494 g/mol. The van der Waals surface area contributed by atoms with E-state index >= 15 is 0 Å². The number of alkyl halides is 3. The first kappa shape index (κ1) is 25.9. The maximum Gasteiger partial charge on any atom is 0.435 e. The first-order valence-corrected chi connectivity index (χ1v) is 11.3. The largest absolute Gasteiger partial charge is 0.435 e. The first-order chi connectivity index (χ1) is 17.0. The molecule has 1 aromatic carbocycles. The van der Waals surface area contributed by atoms with Gasteiger partial charge in [0.1, 0.15) is 17.3 Å². The fraction of sp³-hybridized carbons (Fsp3) is 0.500. The van der Waals surface area contributed by atoms with Gasteiger partial charge in [-0.15, -0.1) is 0 Å². The normalized spacial score (nSPS) is 17.2. The van der Waals surface area contributed by atoms with Gasteiger partial charge in [-0.25, -0.2) is 18.2 Å². The number of carbonyl (C=O) groups excluding carboxylic acids is 2. The molecule has 196 valence electrons. The van der Waals surface area contributed by atoms with Crippen LogP contribution in [0.5, 0.6) is 0 Å². The highest BCUT2D eigenvalue weighted by atomic mass is 19.4. The summed E-state index contributed by atoms with van der Waals surface area (Å²) >= 11 is 0. The molecule has 14 heteroatoms. The third-order valence-electron chi connectivity index (χ3n) is 6.21. The van der Waals surface area contributed by atoms with Gasteiger partial charge >= 0.3 is 6.18 Å². The van der Waals surface area contributed by atoms with E-state index in [1.165, 1.54) is 14.4 Å². The maximum absolute atomic E-state index is 13.9. The van der Waals surface area contributed by atoms with Crippen LogP contribution in [0.3, 0.4) is 0 Å². The van der Waals surface area contributed by atoms with Crippen molar-refractivity contribution in [1.82, 2.24) is 24.7 Å². The summed E-state index contributed by atoms with van der Waals surface area (Å²) in [6, 6.07) is 0.109. The smallest absolute Gasteiger partial charge is 0.335 e. The van der Waals surface area contributed by atoms with E-state index < -0.39 is 52.9 Å². The van der Waals surface area contributed by atoms with Crippen molar-refractivity contribution in [3.8, 4) is 0 Å². The molecule has 1 saturated heterocycles. The van der Waals surface area contributed by atoms with Crippen molar-refractivity contribution in [3.05, 3.63) is 52.4 Å². The van der Waals surface area contributed by atoms with Crippen molar-refractivity contribution < 1.29 is 35.9 Å². The number of carbonyl (C=O) groups is 2. The van der Waals surface area contributed by atoms with Gasteiger partial charge in [-0.1, -0.05) is 0 Å². The van der Waals surface area contributed by atoms with Crippen LogP contribution in [0.4, 0.5) is 26.3 Å². The molecule has 0 spiro atoms. The third-order valence-corrected chi connectivity index (χ3v) is 6.21. The summed E-state index contributed by atoms with van der Waals surface area (Å²) in [6.45, 7) is 1.10. The van der Waals surface area contributed by atoms with Gasteiger partial charge in [0.2, 0.25) is 5.91 Å². The fourth-order valence-electron chi connectivity index (χ4n) is 4.40. The lowest BCUT2D eigenvalue weighted by Gasteiger charge is -2.31. The summed E-state index contributed by atoms with van der Waals surface area (Å²) in [6.07, 6.45) is -5.42. The van der Waals surface area contributed by atoms with Crippen LogP contribution in [0.15, 0.2) is 12.1 Å². The van der Waals surface area contributed by atoms with Crippen molar-refractivity contribution in [2.24, 2.45) is 5.73 Å². The van der Waals surface area contributed by atoms with E-state index in [1.807, 2.05) is 0 Å². The summed E-state index contributed by atoms with van der Waals surface area (Å²) in [7, 11) is 0.